The Hall–Kier alpha value is -2.27. The molecule has 4 nitrogen and oxygen atoms in total. The maximum absolute atomic E-state index is 12.3. The van der Waals surface area contributed by atoms with Crippen LogP contribution < -0.4 is 10.2 Å². The third kappa shape index (κ3) is 1.96. The first-order valence-corrected chi connectivity index (χ1v) is 6.84. The van der Waals surface area contributed by atoms with Crippen molar-refractivity contribution in [1.82, 2.24) is 4.98 Å². The summed E-state index contributed by atoms with van der Waals surface area (Å²) in [7, 11) is 1.58. The van der Waals surface area contributed by atoms with E-state index < -0.39 is 0 Å². The van der Waals surface area contributed by atoms with Crippen molar-refractivity contribution in [2.75, 3.05) is 7.11 Å². The first-order chi connectivity index (χ1) is 9.60. The Balaban J connectivity index is 2.38. The molecule has 20 heavy (non-hydrogen) atoms. The molecular formula is C15H11NO3S. The average Bonchev–Trinajstić information content (AvgIpc) is 2.45. The largest absolute Gasteiger partial charge is 0.497 e. The maximum atomic E-state index is 12.3. The first kappa shape index (κ1) is 12.7. The number of aromatic nitrogens is 1. The number of nitrogens with zero attached hydrogens (tertiary/aromatic N) is 1. The minimum absolute atomic E-state index is 0.180. The summed E-state index contributed by atoms with van der Waals surface area (Å²) in [5, 5.41) is 0. The highest BCUT2D eigenvalue weighted by atomic mass is 32.1. The van der Waals surface area contributed by atoms with Gasteiger partial charge in [-0.2, -0.15) is 0 Å². The number of Topliss-reactive ketones (excluding diaryl/α,β-unsaturated/α-hetero) is 1. The zero-order chi connectivity index (χ0) is 14.3. The summed E-state index contributed by atoms with van der Waals surface area (Å²) < 4.78 is 6.12. The molecule has 0 radical (unpaired) electrons. The van der Waals surface area contributed by atoms with E-state index in [1.54, 1.807) is 25.3 Å². The quantitative estimate of drug-likeness (QED) is 0.536. The Morgan fingerprint density at radius 3 is 2.75 bits per heavy atom. The van der Waals surface area contributed by atoms with Crippen LogP contribution >= 0.6 is 11.3 Å². The van der Waals surface area contributed by atoms with Gasteiger partial charge in [-0.05, 0) is 31.2 Å². The van der Waals surface area contributed by atoms with Gasteiger partial charge in [-0.25, -0.2) is 4.98 Å². The minimum atomic E-state index is -0.309. The topological polar surface area (TPSA) is 56.3 Å². The summed E-state index contributed by atoms with van der Waals surface area (Å²) in [5.41, 5.74) is 0.901. The van der Waals surface area contributed by atoms with Crippen molar-refractivity contribution in [2.45, 2.75) is 6.92 Å². The second-order valence-corrected chi connectivity index (χ2v) is 5.48. The van der Waals surface area contributed by atoms with E-state index in [9.17, 15) is 9.59 Å². The predicted molar refractivity (Wildman–Crippen MR) is 79.1 cm³/mol. The molecule has 0 atom stereocenters. The molecule has 3 rings (SSSR count). The highest BCUT2D eigenvalue weighted by molar-refractivity contribution is 7.21. The Labute approximate surface area is 119 Å². The molecule has 1 heterocycles. The number of ether oxygens (including phenoxy) is 1. The van der Waals surface area contributed by atoms with Crippen LogP contribution in [0.4, 0.5) is 0 Å². The number of methoxy groups -OCH3 is 1. The van der Waals surface area contributed by atoms with Crippen LogP contribution in [0.15, 0.2) is 35.1 Å². The molecular weight excluding hydrogens is 274 g/mol. The molecule has 0 amide bonds. The molecule has 100 valence electrons. The maximum Gasteiger partial charge on any atom is 0.216 e. The van der Waals surface area contributed by atoms with Crippen molar-refractivity contribution in [3.63, 3.8) is 0 Å². The van der Waals surface area contributed by atoms with Crippen molar-refractivity contribution in [2.24, 2.45) is 0 Å². The number of rotatable bonds is 2. The summed E-state index contributed by atoms with van der Waals surface area (Å²) in [6.07, 6.45) is 0. The van der Waals surface area contributed by atoms with E-state index in [1.165, 1.54) is 18.3 Å². The van der Waals surface area contributed by atoms with Gasteiger partial charge < -0.3 is 4.74 Å². The van der Waals surface area contributed by atoms with Gasteiger partial charge in [0.1, 0.15) is 11.4 Å². The Morgan fingerprint density at radius 1 is 1.25 bits per heavy atom. The SMILES string of the molecule is COc1ccc2sc3ccc(C(C)=O)c(=O)c-3nc2c1. The van der Waals surface area contributed by atoms with Crippen molar-refractivity contribution in [3.8, 4) is 16.3 Å². The van der Waals surface area contributed by atoms with Crippen LogP contribution in [-0.2, 0) is 0 Å². The first-order valence-electron chi connectivity index (χ1n) is 6.02. The number of ketones is 1. The standard InChI is InChI=1S/C15H11NO3S/c1-8(17)10-4-6-13-14(15(10)18)16-11-7-9(19-2)3-5-12(11)20-13/h3-7H,1-2H3. The van der Waals surface area contributed by atoms with Crippen LogP contribution in [0, 0.1) is 0 Å². The molecule has 0 aromatic heterocycles. The van der Waals surface area contributed by atoms with Gasteiger partial charge in [0.15, 0.2) is 5.78 Å². The van der Waals surface area contributed by atoms with Gasteiger partial charge in [-0.15, -0.1) is 11.3 Å². The third-order valence-corrected chi connectivity index (χ3v) is 4.21. The molecule has 1 aromatic carbocycles. The van der Waals surface area contributed by atoms with Crippen molar-refractivity contribution >= 4 is 27.3 Å². The van der Waals surface area contributed by atoms with E-state index in [0.29, 0.717) is 17.0 Å². The monoisotopic (exact) mass is 285 g/mol. The Kier molecular flexibility index (Phi) is 2.99. The molecule has 0 N–H and O–H groups in total. The molecule has 1 aliphatic carbocycles. The molecule has 1 aromatic rings. The summed E-state index contributed by atoms with van der Waals surface area (Å²) in [5.74, 6) is 0.446. The molecule has 1 aliphatic heterocycles. The number of hydrogen-bond donors (Lipinski definition) is 0. The van der Waals surface area contributed by atoms with E-state index in [4.69, 9.17) is 4.74 Å². The van der Waals surface area contributed by atoms with Crippen LogP contribution in [0.3, 0.4) is 0 Å². The zero-order valence-corrected chi connectivity index (χ0v) is 11.8. The lowest BCUT2D eigenvalue weighted by atomic mass is 10.1. The number of carbonyl (C=O) groups is 1. The molecule has 0 unspecified atom stereocenters. The fourth-order valence-electron chi connectivity index (χ4n) is 2.06. The van der Waals surface area contributed by atoms with Crippen molar-refractivity contribution < 1.29 is 9.53 Å². The molecule has 0 saturated heterocycles. The van der Waals surface area contributed by atoms with Gasteiger partial charge in [0.05, 0.1) is 27.8 Å². The number of carbonyl (C=O) groups excluding carboxylic acids is 1. The normalized spacial score (nSPS) is 10.9. The van der Waals surface area contributed by atoms with Crippen LogP contribution in [0.5, 0.6) is 5.75 Å². The summed E-state index contributed by atoms with van der Waals surface area (Å²) >= 11 is 1.48. The fraction of sp³-hybridized carbons (Fsp3) is 0.133. The zero-order valence-electron chi connectivity index (χ0n) is 11.0. The second-order valence-electron chi connectivity index (χ2n) is 4.39. The summed E-state index contributed by atoms with van der Waals surface area (Å²) in [6.45, 7) is 1.38. The van der Waals surface area contributed by atoms with E-state index >= 15 is 0 Å². The van der Waals surface area contributed by atoms with E-state index in [0.717, 1.165) is 9.58 Å². The smallest absolute Gasteiger partial charge is 0.216 e. The lowest BCUT2D eigenvalue weighted by Crippen LogP contribution is -2.16. The van der Waals surface area contributed by atoms with Crippen LogP contribution in [0.2, 0.25) is 0 Å². The van der Waals surface area contributed by atoms with Gasteiger partial charge in [-0.3, -0.25) is 9.59 Å². The fourth-order valence-corrected chi connectivity index (χ4v) is 3.01. The molecule has 0 bridgehead atoms. The Bertz CT molecular complexity index is 854. The van der Waals surface area contributed by atoms with E-state index in [1.807, 2.05) is 12.1 Å². The van der Waals surface area contributed by atoms with E-state index in [2.05, 4.69) is 4.98 Å². The number of hydrogen-bond acceptors (Lipinski definition) is 5. The van der Waals surface area contributed by atoms with Crippen LogP contribution in [0.25, 0.3) is 20.8 Å². The summed E-state index contributed by atoms with van der Waals surface area (Å²) in [6, 6.07) is 8.89. The highest BCUT2D eigenvalue weighted by Gasteiger charge is 2.16. The van der Waals surface area contributed by atoms with Gasteiger partial charge in [0.25, 0.3) is 0 Å². The molecule has 2 aliphatic rings. The van der Waals surface area contributed by atoms with Crippen molar-refractivity contribution in [1.29, 1.82) is 0 Å². The van der Waals surface area contributed by atoms with Gasteiger partial charge in [0, 0.05) is 6.07 Å². The third-order valence-electron chi connectivity index (χ3n) is 3.09. The average molecular weight is 285 g/mol. The molecule has 0 fully saturated rings. The minimum Gasteiger partial charge on any atom is -0.497 e. The number of benzene rings is 2. The lowest BCUT2D eigenvalue weighted by Gasteiger charge is -2.07. The van der Waals surface area contributed by atoms with E-state index in [-0.39, 0.29) is 16.8 Å². The lowest BCUT2D eigenvalue weighted by molar-refractivity contribution is 0.101. The second kappa shape index (κ2) is 4.68. The highest BCUT2D eigenvalue weighted by Crippen LogP contribution is 2.30. The van der Waals surface area contributed by atoms with Crippen LogP contribution in [0.1, 0.15) is 17.3 Å². The van der Waals surface area contributed by atoms with Gasteiger partial charge in [-0.1, -0.05) is 0 Å². The predicted octanol–water partition coefficient (Wildman–Crippen LogP) is 2.97. The van der Waals surface area contributed by atoms with Gasteiger partial charge in [0.2, 0.25) is 5.43 Å². The number of fused-ring (bicyclic) bond motifs is 2. The Morgan fingerprint density at radius 2 is 2.05 bits per heavy atom. The van der Waals surface area contributed by atoms with Crippen molar-refractivity contribution in [3.05, 3.63) is 46.1 Å². The molecule has 5 heteroatoms. The van der Waals surface area contributed by atoms with Crippen LogP contribution in [-0.4, -0.2) is 17.9 Å². The van der Waals surface area contributed by atoms with Gasteiger partial charge >= 0.3 is 0 Å². The summed E-state index contributed by atoms with van der Waals surface area (Å²) in [4.78, 5) is 28.9. The molecule has 0 saturated carbocycles. The molecule has 0 spiro atoms.